The summed E-state index contributed by atoms with van der Waals surface area (Å²) in [6.07, 6.45) is 3.43. The topological polar surface area (TPSA) is 35.5 Å². The van der Waals surface area contributed by atoms with Crippen LogP contribution in [0.2, 0.25) is 0 Å². The van der Waals surface area contributed by atoms with Crippen molar-refractivity contribution in [2.45, 2.75) is 45.3 Å². The molecule has 2 unspecified atom stereocenters. The third kappa shape index (κ3) is 6.88. The Morgan fingerprint density at radius 2 is 2.07 bits per heavy atom. The zero-order chi connectivity index (χ0) is 11.3. The zero-order valence-corrected chi connectivity index (χ0v) is 10.4. The molecular formula is C12H26N2O. The summed E-state index contributed by atoms with van der Waals surface area (Å²) in [7, 11) is 2.13. The molecule has 0 aromatic carbocycles. The molecule has 1 aliphatic rings. The Bertz CT molecular complexity index is 159. The SMILES string of the molecule is CC(O)CCN(C)CC(C)CNC1CC1. The van der Waals surface area contributed by atoms with Crippen molar-refractivity contribution in [2.24, 2.45) is 5.92 Å². The standard InChI is InChI=1S/C12H26N2O/c1-10(8-13-12-4-5-12)9-14(3)7-6-11(2)15/h10-13,15H,4-9H2,1-3H3. The van der Waals surface area contributed by atoms with E-state index < -0.39 is 0 Å². The van der Waals surface area contributed by atoms with Gasteiger partial charge in [-0.15, -0.1) is 0 Å². The van der Waals surface area contributed by atoms with Gasteiger partial charge in [0.1, 0.15) is 0 Å². The number of hydrogen-bond donors (Lipinski definition) is 2. The average molecular weight is 214 g/mol. The summed E-state index contributed by atoms with van der Waals surface area (Å²) in [5, 5.41) is 12.7. The molecule has 1 fully saturated rings. The van der Waals surface area contributed by atoms with E-state index in [4.69, 9.17) is 0 Å². The van der Waals surface area contributed by atoms with Crippen LogP contribution >= 0.6 is 0 Å². The minimum absolute atomic E-state index is 0.174. The summed E-state index contributed by atoms with van der Waals surface area (Å²) in [5.41, 5.74) is 0. The van der Waals surface area contributed by atoms with Crippen LogP contribution in [0.15, 0.2) is 0 Å². The average Bonchev–Trinajstić information content (AvgIpc) is 2.95. The van der Waals surface area contributed by atoms with Crippen molar-refractivity contribution in [2.75, 3.05) is 26.7 Å². The summed E-state index contributed by atoms with van der Waals surface area (Å²) in [5.74, 6) is 0.699. The van der Waals surface area contributed by atoms with E-state index in [-0.39, 0.29) is 6.10 Å². The van der Waals surface area contributed by atoms with E-state index in [1.807, 2.05) is 6.92 Å². The molecule has 0 saturated heterocycles. The Morgan fingerprint density at radius 3 is 2.60 bits per heavy atom. The minimum atomic E-state index is -0.174. The Labute approximate surface area is 93.9 Å². The fourth-order valence-corrected chi connectivity index (χ4v) is 1.75. The predicted octanol–water partition coefficient (Wildman–Crippen LogP) is 1.08. The minimum Gasteiger partial charge on any atom is -0.393 e. The normalized spacial score (nSPS) is 20.6. The van der Waals surface area contributed by atoms with E-state index in [0.29, 0.717) is 5.92 Å². The van der Waals surface area contributed by atoms with Gasteiger partial charge in [-0.05, 0) is 45.7 Å². The molecule has 0 heterocycles. The first-order valence-electron chi connectivity index (χ1n) is 6.18. The third-order valence-corrected chi connectivity index (χ3v) is 2.88. The van der Waals surface area contributed by atoms with Crippen LogP contribution in [0.4, 0.5) is 0 Å². The summed E-state index contributed by atoms with van der Waals surface area (Å²) in [6, 6.07) is 0.815. The van der Waals surface area contributed by atoms with Crippen LogP contribution in [-0.2, 0) is 0 Å². The Kier molecular flexibility index (Phi) is 5.58. The highest BCUT2D eigenvalue weighted by Crippen LogP contribution is 2.18. The van der Waals surface area contributed by atoms with E-state index in [1.54, 1.807) is 0 Å². The van der Waals surface area contributed by atoms with Crippen molar-refractivity contribution < 1.29 is 5.11 Å². The van der Waals surface area contributed by atoms with E-state index in [2.05, 4.69) is 24.2 Å². The first-order valence-corrected chi connectivity index (χ1v) is 6.18. The number of rotatable bonds is 8. The smallest absolute Gasteiger partial charge is 0.0524 e. The van der Waals surface area contributed by atoms with Crippen LogP contribution in [0.1, 0.15) is 33.1 Å². The molecule has 0 spiro atoms. The highest BCUT2D eigenvalue weighted by atomic mass is 16.3. The van der Waals surface area contributed by atoms with Gasteiger partial charge >= 0.3 is 0 Å². The molecule has 2 N–H and O–H groups in total. The third-order valence-electron chi connectivity index (χ3n) is 2.88. The van der Waals surface area contributed by atoms with Crippen molar-refractivity contribution in [3.8, 4) is 0 Å². The monoisotopic (exact) mass is 214 g/mol. The van der Waals surface area contributed by atoms with Gasteiger partial charge in [-0.1, -0.05) is 6.92 Å². The van der Waals surface area contributed by atoms with Gasteiger partial charge < -0.3 is 15.3 Å². The van der Waals surface area contributed by atoms with Crippen LogP contribution in [0.25, 0.3) is 0 Å². The number of nitrogens with zero attached hydrogens (tertiary/aromatic N) is 1. The van der Waals surface area contributed by atoms with Crippen LogP contribution in [0, 0.1) is 5.92 Å². The lowest BCUT2D eigenvalue weighted by molar-refractivity contribution is 0.159. The molecule has 2 atom stereocenters. The molecular weight excluding hydrogens is 188 g/mol. The number of hydrogen-bond acceptors (Lipinski definition) is 3. The first-order chi connectivity index (χ1) is 7.08. The number of aliphatic hydroxyl groups excluding tert-OH is 1. The molecule has 0 aliphatic heterocycles. The maximum Gasteiger partial charge on any atom is 0.0524 e. The number of aliphatic hydroxyl groups is 1. The van der Waals surface area contributed by atoms with Gasteiger partial charge in [0.25, 0.3) is 0 Å². The van der Waals surface area contributed by atoms with Crippen LogP contribution in [-0.4, -0.2) is 48.8 Å². The van der Waals surface area contributed by atoms with Crippen molar-refractivity contribution in [1.82, 2.24) is 10.2 Å². The highest BCUT2D eigenvalue weighted by Gasteiger charge is 2.21. The molecule has 90 valence electrons. The fourth-order valence-electron chi connectivity index (χ4n) is 1.75. The first kappa shape index (κ1) is 12.9. The van der Waals surface area contributed by atoms with E-state index in [1.165, 1.54) is 12.8 Å². The molecule has 15 heavy (non-hydrogen) atoms. The second-order valence-corrected chi connectivity index (χ2v) is 5.19. The Hall–Kier alpha value is -0.120. The van der Waals surface area contributed by atoms with Crippen LogP contribution in [0.3, 0.4) is 0 Å². The molecule has 0 aromatic rings. The molecule has 3 heteroatoms. The summed E-state index contributed by atoms with van der Waals surface area (Å²) < 4.78 is 0. The molecule has 0 amide bonds. The van der Waals surface area contributed by atoms with Gasteiger partial charge in [-0.3, -0.25) is 0 Å². The summed E-state index contributed by atoms with van der Waals surface area (Å²) >= 11 is 0. The molecule has 3 nitrogen and oxygen atoms in total. The van der Waals surface area contributed by atoms with E-state index in [0.717, 1.165) is 32.1 Å². The molecule has 0 bridgehead atoms. The van der Waals surface area contributed by atoms with Crippen molar-refractivity contribution in [3.05, 3.63) is 0 Å². The fraction of sp³-hybridized carbons (Fsp3) is 1.00. The maximum absolute atomic E-state index is 9.18. The van der Waals surface area contributed by atoms with Gasteiger partial charge in [0.2, 0.25) is 0 Å². The van der Waals surface area contributed by atoms with Gasteiger partial charge in [0, 0.05) is 19.1 Å². The van der Waals surface area contributed by atoms with Gasteiger partial charge in [0.05, 0.1) is 6.10 Å². The molecule has 1 aliphatic carbocycles. The van der Waals surface area contributed by atoms with Crippen LogP contribution in [0.5, 0.6) is 0 Å². The van der Waals surface area contributed by atoms with E-state index in [9.17, 15) is 5.11 Å². The lowest BCUT2D eigenvalue weighted by atomic mass is 10.1. The van der Waals surface area contributed by atoms with Gasteiger partial charge in [-0.25, -0.2) is 0 Å². The number of nitrogens with one attached hydrogen (secondary N) is 1. The second kappa shape index (κ2) is 6.46. The molecule has 0 aromatic heterocycles. The van der Waals surface area contributed by atoms with Crippen molar-refractivity contribution in [1.29, 1.82) is 0 Å². The lowest BCUT2D eigenvalue weighted by Crippen LogP contribution is -2.33. The highest BCUT2D eigenvalue weighted by molar-refractivity contribution is 4.81. The second-order valence-electron chi connectivity index (χ2n) is 5.19. The van der Waals surface area contributed by atoms with Gasteiger partial charge in [-0.2, -0.15) is 0 Å². The molecule has 1 rings (SSSR count). The van der Waals surface area contributed by atoms with Crippen LogP contribution < -0.4 is 5.32 Å². The maximum atomic E-state index is 9.18. The quantitative estimate of drug-likeness (QED) is 0.634. The molecule has 0 radical (unpaired) electrons. The van der Waals surface area contributed by atoms with Crippen molar-refractivity contribution in [3.63, 3.8) is 0 Å². The summed E-state index contributed by atoms with van der Waals surface area (Å²) in [6.45, 7) is 7.38. The molecule has 1 saturated carbocycles. The van der Waals surface area contributed by atoms with E-state index >= 15 is 0 Å². The van der Waals surface area contributed by atoms with Gasteiger partial charge in [0.15, 0.2) is 0 Å². The van der Waals surface area contributed by atoms with Crippen molar-refractivity contribution >= 4 is 0 Å². The summed E-state index contributed by atoms with van der Waals surface area (Å²) in [4.78, 5) is 2.31. The lowest BCUT2D eigenvalue weighted by Gasteiger charge is -2.22. The predicted molar refractivity (Wildman–Crippen MR) is 64.0 cm³/mol. The Morgan fingerprint density at radius 1 is 1.40 bits per heavy atom. The largest absolute Gasteiger partial charge is 0.393 e. The Balaban J connectivity index is 1.99. The zero-order valence-electron chi connectivity index (χ0n) is 10.4.